The molecule has 0 radical (unpaired) electrons. The van der Waals surface area contributed by atoms with Gasteiger partial charge < -0.3 is 9.84 Å². The van der Waals surface area contributed by atoms with Gasteiger partial charge in [-0.1, -0.05) is 0 Å². The second-order valence-corrected chi connectivity index (χ2v) is 6.86. The van der Waals surface area contributed by atoms with Crippen molar-refractivity contribution >= 4 is 11.6 Å². The molecule has 4 rings (SSSR count). The Kier molecular flexibility index (Phi) is 5.58. The van der Waals surface area contributed by atoms with Crippen LogP contribution in [0.4, 0.5) is 4.39 Å². The number of halogens is 1. The van der Waals surface area contributed by atoms with E-state index in [9.17, 15) is 19.1 Å². The maximum absolute atomic E-state index is 13.0. The van der Waals surface area contributed by atoms with E-state index in [1.165, 1.54) is 36.4 Å². The van der Waals surface area contributed by atoms with E-state index < -0.39 is 5.82 Å². The summed E-state index contributed by atoms with van der Waals surface area (Å²) in [6, 6.07) is 24.8. The summed E-state index contributed by atoms with van der Waals surface area (Å²) in [6.45, 7) is 0. The minimum Gasteiger partial charge on any atom is -0.508 e. The van der Waals surface area contributed by atoms with Crippen molar-refractivity contribution in [2.24, 2.45) is 0 Å². The highest BCUT2D eigenvalue weighted by Crippen LogP contribution is 2.24. The molecule has 0 heterocycles. The van der Waals surface area contributed by atoms with E-state index in [-0.39, 0.29) is 17.3 Å². The summed E-state index contributed by atoms with van der Waals surface area (Å²) in [7, 11) is 0. The van der Waals surface area contributed by atoms with E-state index in [2.05, 4.69) is 0 Å². The standard InChI is InChI=1S/C26H17FO4/c27-21-9-1-17(2-10-21)25(29)19-5-13-23(14-6-19)31-24-15-7-20(8-16-24)26(30)18-3-11-22(28)12-4-18/h1-16,28H. The smallest absolute Gasteiger partial charge is 0.193 e. The Morgan fingerprint density at radius 3 is 1.26 bits per heavy atom. The number of aromatic hydroxyl groups is 1. The van der Waals surface area contributed by atoms with Gasteiger partial charge in [-0.05, 0) is 97.1 Å². The fourth-order valence-corrected chi connectivity index (χ4v) is 3.03. The zero-order valence-corrected chi connectivity index (χ0v) is 16.3. The molecule has 0 aliphatic carbocycles. The lowest BCUT2D eigenvalue weighted by atomic mass is 10.0. The van der Waals surface area contributed by atoms with Crippen LogP contribution in [-0.4, -0.2) is 16.7 Å². The molecular formula is C26H17FO4. The first kappa shape index (κ1) is 20.0. The third-order valence-corrected chi connectivity index (χ3v) is 4.70. The van der Waals surface area contributed by atoms with Gasteiger partial charge in [0.1, 0.15) is 23.1 Å². The second-order valence-electron chi connectivity index (χ2n) is 6.86. The Hall–Kier alpha value is -4.25. The van der Waals surface area contributed by atoms with Crippen molar-refractivity contribution in [3.05, 3.63) is 125 Å². The van der Waals surface area contributed by atoms with Gasteiger partial charge in [0.05, 0.1) is 0 Å². The van der Waals surface area contributed by atoms with Crippen molar-refractivity contribution in [1.29, 1.82) is 0 Å². The number of hydrogen-bond donors (Lipinski definition) is 1. The molecule has 31 heavy (non-hydrogen) atoms. The summed E-state index contributed by atoms with van der Waals surface area (Å²) in [5, 5.41) is 9.34. The molecule has 0 fully saturated rings. The molecule has 1 N–H and O–H groups in total. The molecule has 4 nitrogen and oxygen atoms in total. The molecular weight excluding hydrogens is 395 g/mol. The molecule has 0 unspecified atom stereocenters. The van der Waals surface area contributed by atoms with E-state index in [0.29, 0.717) is 33.8 Å². The van der Waals surface area contributed by atoms with Gasteiger partial charge in [-0.2, -0.15) is 0 Å². The van der Waals surface area contributed by atoms with E-state index in [4.69, 9.17) is 4.74 Å². The third-order valence-electron chi connectivity index (χ3n) is 4.70. The number of phenols is 1. The lowest BCUT2D eigenvalue weighted by Crippen LogP contribution is -2.01. The molecule has 0 amide bonds. The van der Waals surface area contributed by atoms with Crippen LogP contribution in [0, 0.1) is 5.82 Å². The van der Waals surface area contributed by atoms with Crippen LogP contribution in [0.1, 0.15) is 31.8 Å². The molecule has 4 aromatic rings. The van der Waals surface area contributed by atoms with E-state index in [0.717, 1.165) is 0 Å². The Bertz CT molecular complexity index is 1110. The van der Waals surface area contributed by atoms with Crippen LogP contribution >= 0.6 is 0 Å². The average Bonchev–Trinajstić information content (AvgIpc) is 2.80. The number of carbonyl (C=O) groups is 2. The number of hydrogen-bond acceptors (Lipinski definition) is 4. The summed E-state index contributed by atoms with van der Waals surface area (Å²) >= 11 is 0. The first-order valence-electron chi connectivity index (χ1n) is 9.51. The molecule has 0 aliphatic rings. The molecule has 5 heteroatoms. The Labute approximate surface area is 178 Å². The minimum atomic E-state index is -0.393. The van der Waals surface area contributed by atoms with Crippen molar-refractivity contribution < 1.29 is 23.8 Å². The lowest BCUT2D eigenvalue weighted by Gasteiger charge is -2.08. The van der Waals surface area contributed by atoms with Gasteiger partial charge >= 0.3 is 0 Å². The highest BCUT2D eigenvalue weighted by atomic mass is 19.1. The van der Waals surface area contributed by atoms with Gasteiger partial charge in [0.15, 0.2) is 11.6 Å². The van der Waals surface area contributed by atoms with Gasteiger partial charge in [-0.25, -0.2) is 4.39 Å². The maximum atomic E-state index is 13.0. The third kappa shape index (κ3) is 4.67. The quantitative estimate of drug-likeness (QED) is 0.408. The van der Waals surface area contributed by atoms with Crippen molar-refractivity contribution in [2.75, 3.05) is 0 Å². The Morgan fingerprint density at radius 1 is 0.548 bits per heavy atom. The molecule has 0 atom stereocenters. The topological polar surface area (TPSA) is 63.6 Å². The fraction of sp³-hybridized carbons (Fsp3) is 0. The van der Waals surface area contributed by atoms with Gasteiger partial charge in [0, 0.05) is 22.3 Å². The molecule has 0 saturated heterocycles. The minimum absolute atomic E-state index is 0.102. The van der Waals surface area contributed by atoms with E-state index >= 15 is 0 Å². The molecule has 0 saturated carbocycles. The number of carbonyl (C=O) groups excluding carboxylic acids is 2. The van der Waals surface area contributed by atoms with Crippen LogP contribution in [0.5, 0.6) is 17.2 Å². The van der Waals surface area contributed by atoms with Crippen molar-refractivity contribution in [2.45, 2.75) is 0 Å². The van der Waals surface area contributed by atoms with Crippen LogP contribution in [0.2, 0.25) is 0 Å². The highest BCUT2D eigenvalue weighted by molar-refractivity contribution is 6.09. The molecule has 4 aromatic carbocycles. The molecule has 0 aliphatic heterocycles. The fourth-order valence-electron chi connectivity index (χ4n) is 3.03. The van der Waals surface area contributed by atoms with Crippen LogP contribution in [0.25, 0.3) is 0 Å². The lowest BCUT2D eigenvalue weighted by molar-refractivity contribution is 0.103. The number of ether oxygens (including phenoxy) is 1. The molecule has 0 spiro atoms. The zero-order chi connectivity index (χ0) is 21.8. The predicted molar refractivity (Wildman–Crippen MR) is 114 cm³/mol. The van der Waals surface area contributed by atoms with Crippen molar-refractivity contribution in [3.63, 3.8) is 0 Å². The van der Waals surface area contributed by atoms with Crippen LogP contribution in [0.3, 0.4) is 0 Å². The summed E-state index contributed by atoms with van der Waals surface area (Å²) in [5.74, 6) is 0.425. The predicted octanol–water partition coefficient (Wildman–Crippen LogP) is 5.79. The van der Waals surface area contributed by atoms with Crippen LogP contribution < -0.4 is 4.74 Å². The Balaban J connectivity index is 1.43. The maximum Gasteiger partial charge on any atom is 0.193 e. The molecule has 0 aromatic heterocycles. The number of phenolic OH excluding ortho intramolecular Hbond substituents is 1. The first-order chi connectivity index (χ1) is 15.0. The zero-order valence-electron chi connectivity index (χ0n) is 16.3. The number of ketones is 2. The van der Waals surface area contributed by atoms with Gasteiger partial charge in [-0.3, -0.25) is 9.59 Å². The highest BCUT2D eigenvalue weighted by Gasteiger charge is 2.11. The van der Waals surface area contributed by atoms with Gasteiger partial charge in [0.2, 0.25) is 0 Å². The number of benzene rings is 4. The second kappa shape index (κ2) is 8.63. The van der Waals surface area contributed by atoms with Gasteiger partial charge in [-0.15, -0.1) is 0 Å². The van der Waals surface area contributed by atoms with Crippen molar-refractivity contribution in [1.82, 2.24) is 0 Å². The monoisotopic (exact) mass is 412 g/mol. The normalized spacial score (nSPS) is 10.5. The van der Waals surface area contributed by atoms with E-state index in [1.54, 1.807) is 60.7 Å². The van der Waals surface area contributed by atoms with Crippen LogP contribution in [-0.2, 0) is 0 Å². The summed E-state index contributed by atoms with van der Waals surface area (Å²) in [5.41, 5.74) is 1.85. The summed E-state index contributed by atoms with van der Waals surface area (Å²) in [4.78, 5) is 24.9. The van der Waals surface area contributed by atoms with E-state index in [1.807, 2.05) is 0 Å². The van der Waals surface area contributed by atoms with Gasteiger partial charge in [0.25, 0.3) is 0 Å². The first-order valence-corrected chi connectivity index (χ1v) is 9.51. The van der Waals surface area contributed by atoms with Crippen LogP contribution in [0.15, 0.2) is 97.1 Å². The largest absolute Gasteiger partial charge is 0.508 e. The summed E-state index contributed by atoms with van der Waals surface area (Å²) < 4.78 is 18.8. The number of rotatable bonds is 6. The molecule has 0 bridgehead atoms. The molecule has 152 valence electrons. The SMILES string of the molecule is O=C(c1ccc(O)cc1)c1ccc(Oc2ccc(C(=O)c3ccc(F)cc3)cc2)cc1. The van der Waals surface area contributed by atoms with Crippen molar-refractivity contribution in [3.8, 4) is 17.2 Å². The Morgan fingerprint density at radius 2 is 0.871 bits per heavy atom. The average molecular weight is 412 g/mol. The summed E-state index contributed by atoms with van der Waals surface area (Å²) in [6.07, 6.45) is 0.